The van der Waals surface area contributed by atoms with Gasteiger partial charge in [0, 0.05) is 51.7 Å². The highest BCUT2D eigenvalue weighted by Gasteiger charge is 2.38. The van der Waals surface area contributed by atoms with Crippen molar-refractivity contribution in [3.63, 3.8) is 0 Å². The highest BCUT2D eigenvalue weighted by Crippen LogP contribution is 2.43. The van der Waals surface area contributed by atoms with E-state index in [0.29, 0.717) is 5.41 Å². The highest BCUT2D eigenvalue weighted by atomic mass is 127. The normalized spacial score (nSPS) is 19.9. The molecule has 1 aliphatic carbocycles. The second-order valence-electron chi connectivity index (χ2n) is 8.34. The van der Waals surface area contributed by atoms with Crippen LogP contribution in [0.3, 0.4) is 0 Å². The lowest BCUT2D eigenvalue weighted by Gasteiger charge is -2.43. The van der Waals surface area contributed by atoms with E-state index in [1.807, 2.05) is 7.05 Å². The fraction of sp³-hybridized carbons (Fsp3) is 0.696. The quantitative estimate of drug-likeness (QED) is 0.230. The molecule has 2 aliphatic rings. The second-order valence-corrected chi connectivity index (χ2v) is 8.34. The molecule has 1 saturated heterocycles. The largest absolute Gasteiger partial charge is 0.356 e. The van der Waals surface area contributed by atoms with Crippen LogP contribution in [0, 0.1) is 0 Å². The monoisotopic (exact) mass is 513 g/mol. The van der Waals surface area contributed by atoms with E-state index in [1.165, 1.54) is 76.9 Å². The number of halogens is 1. The molecule has 3 rings (SSSR count). The summed E-state index contributed by atoms with van der Waals surface area (Å²) in [5.74, 6) is 0.943. The summed E-state index contributed by atoms with van der Waals surface area (Å²) in [5.41, 5.74) is 1.76. The Morgan fingerprint density at radius 2 is 1.69 bits per heavy atom. The fourth-order valence-corrected chi connectivity index (χ4v) is 4.43. The van der Waals surface area contributed by atoms with Crippen LogP contribution in [0.15, 0.2) is 35.3 Å². The number of unbranched alkanes of at least 4 members (excludes halogenated alkanes) is 1. The maximum atomic E-state index is 4.43. The number of piperazine rings is 1. The molecule has 0 spiro atoms. The molecule has 1 aliphatic heterocycles. The third kappa shape index (κ3) is 7.10. The number of rotatable bonds is 9. The zero-order valence-corrected chi connectivity index (χ0v) is 20.7. The summed E-state index contributed by atoms with van der Waals surface area (Å²) in [6.45, 7) is 11.6. The summed E-state index contributed by atoms with van der Waals surface area (Å²) >= 11 is 0. The summed E-state index contributed by atoms with van der Waals surface area (Å²) in [7, 11) is 1.87. The number of nitrogens with one attached hydrogen (secondary N) is 2. The number of guanidine groups is 1. The molecule has 1 aromatic carbocycles. The molecule has 0 bridgehead atoms. The first-order valence-corrected chi connectivity index (χ1v) is 11.2. The Hall–Kier alpha value is -0.860. The summed E-state index contributed by atoms with van der Waals surface area (Å²) in [6, 6.07) is 11.0. The van der Waals surface area contributed by atoms with Crippen molar-refractivity contribution in [2.45, 2.75) is 44.4 Å². The van der Waals surface area contributed by atoms with Crippen molar-refractivity contribution in [3.8, 4) is 0 Å². The summed E-state index contributed by atoms with van der Waals surface area (Å²) in [4.78, 5) is 9.58. The molecule has 1 aromatic rings. The lowest BCUT2D eigenvalue weighted by molar-refractivity contribution is 0.136. The minimum Gasteiger partial charge on any atom is -0.356 e. The van der Waals surface area contributed by atoms with Crippen molar-refractivity contribution in [2.24, 2.45) is 4.99 Å². The van der Waals surface area contributed by atoms with Gasteiger partial charge in [-0.1, -0.05) is 43.7 Å². The van der Waals surface area contributed by atoms with Gasteiger partial charge >= 0.3 is 0 Å². The van der Waals surface area contributed by atoms with Crippen molar-refractivity contribution in [3.05, 3.63) is 35.9 Å². The standard InChI is InChI=1S/C23H39N5.HI/c1-3-27-16-18-28(19-17-27)15-8-7-14-25-22(24-2)26-20-23(12-9-13-23)21-10-5-4-6-11-21;/h4-6,10-11H,3,7-9,12-20H2,1-2H3,(H2,24,25,26);1H. The second kappa shape index (κ2) is 12.7. The molecule has 164 valence electrons. The first-order valence-electron chi connectivity index (χ1n) is 11.2. The number of hydrogen-bond donors (Lipinski definition) is 2. The molecule has 1 saturated carbocycles. The van der Waals surface area contributed by atoms with E-state index in [2.05, 4.69) is 62.7 Å². The van der Waals surface area contributed by atoms with E-state index in [1.54, 1.807) is 0 Å². The fourth-order valence-electron chi connectivity index (χ4n) is 4.43. The third-order valence-corrected chi connectivity index (χ3v) is 6.62. The van der Waals surface area contributed by atoms with Crippen LogP contribution in [-0.2, 0) is 5.41 Å². The minimum absolute atomic E-state index is 0. The molecular formula is C23H40IN5. The van der Waals surface area contributed by atoms with E-state index in [0.717, 1.165) is 19.0 Å². The van der Waals surface area contributed by atoms with Gasteiger partial charge in [0.25, 0.3) is 0 Å². The van der Waals surface area contributed by atoms with Gasteiger partial charge in [0.05, 0.1) is 0 Å². The minimum atomic E-state index is 0. The van der Waals surface area contributed by atoms with Crippen molar-refractivity contribution >= 4 is 29.9 Å². The number of likely N-dealkylation sites (N-methyl/N-ethyl adjacent to an activating group) is 1. The Balaban J connectivity index is 0.00000300. The van der Waals surface area contributed by atoms with Crippen molar-refractivity contribution in [1.29, 1.82) is 0 Å². The molecule has 0 radical (unpaired) electrons. The van der Waals surface area contributed by atoms with Gasteiger partial charge in [-0.05, 0) is 44.3 Å². The first-order chi connectivity index (χ1) is 13.8. The average molecular weight is 514 g/mol. The zero-order valence-electron chi connectivity index (χ0n) is 18.3. The molecule has 5 nitrogen and oxygen atoms in total. The summed E-state index contributed by atoms with van der Waals surface area (Å²) in [6.07, 6.45) is 6.32. The van der Waals surface area contributed by atoms with Crippen molar-refractivity contribution in [2.75, 3.05) is 59.4 Å². The van der Waals surface area contributed by atoms with Gasteiger partial charge in [-0.3, -0.25) is 4.99 Å². The van der Waals surface area contributed by atoms with Gasteiger partial charge < -0.3 is 20.4 Å². The molecule has 6 heteroatoms. The molecule has 2 fully saturated rings. The summed E-state index contributed by atoms with van der Waals surface area (Å²) < 4.78 is 0. The molecule has 0 atom stereocenters. The predicted octanol–water partition coefficient (Wildman–Crippen LogP) is 3.31. The van der Waals surface area contributed by atoms with Crippen LogP contribution in [0.4, 0.5) is 0 Å². The molecule has 0 aromatic heterocycles. The van der Waals surface area contributed by atoms with Crippen LogP contribution in [0.1, 0.15) is 44.6 Å². The highest BCUT2D eigenvalue weighted by molar-refractivity contribution is 14.0. The van der Waals surface area contributed by atoms with Crippen molar-refractivity contribution < 1.29 is 0 Å². The Morgan fingerprint density at radius 3 is 2.28 bits per heavy atom. The number of nitrogens with zero attached hydrogens (tertiary/aromatic N) is 3. The van der Waals surface area contributed by atoms with E-state index < -0.39 is 0 Å². The maximum absolute atomic E-state index is 4.43. The summed E-state index contributed by atoms with van der Waals surface area (Å²) in [5, 5.41) is 7.09. The predicted molar refractivity (Wildman–Crippen MR) is 135 cm³/mol. The van der Waals surface area contributed by atoms with Crippen LogP contribution >= 0.6 is 24.0 Å². The van der Waals surface area contributed by atoms with Gasteiger partial charge in [0.1, 0.15) is 0 Å². The number of benzene rings is 1. The SMILES string of the molecule is CCN1CCN(CCCCNC(=NC)NCC2(c3ccccc3)CCC2)CC1.I. The lowest BCUT2D eigenvalue weighted by atomic mass is 9.64. The first kappa shape index (κ1) is 24.4. The Morgan fingerprint density at radius 1 is 1.00 bits per heavy atom. The lowest BCUT2D eigenvalue weighted by Crippen LogP contribution is -2.49. The van der Waals surface area contributed by atoms with E-state index in [-0.39, 0.29) is 24.0 Å². The average Bonchev–Trinajstić information content (AvgIpc) is 2.72. The third-order valence-electron chi connectivity index (χ3n) is 6.62. The van der Waals surface area contributed by atoms with Crippen molar-refractivity contribution in [1.82, 2.24) is 20.4 Å². The Kier molecular flexibility index (Phi) is 10.7. The van der Waals surface area contributed by atoms with E-state index in [9.17, 15) is 0 Å². The molecule has 29 heavy (non-hydrogen) atoms. The van der Waals surface area contributed by atoms with Crippen LogP contribution in [0.25, 0.3) is 0 Å². The molecule has 2 N–H and O–H groups in total. The number of hydrogen-bond acceptors (Lipinski definition) is 3. The van der Waals surface area contributed by atoms with Crippen LogP contribution in [-0.4, -0.2) is 75.2 Å². The van der Waals surface area contributed by atoms with Gasteiger partial charge in [0.2, 0.25) is 0 Å². The topological polar surface area (TPSA) is 42.9 Å². The Labute approximate surface area is 194 Å². The van der Waals surface area contributed by atoms with Gasteiger partial charge in [0.15, 0.2) is 5.96 Å². The Bertz CT molecular complexity index is 595. The molecule has 1 heterocycles. The van der Waals surface area contributed by atoms with Crippen LogP contribution < -0.4 is 10.6 Å². The van der Waals surface area contributed by atoms with Gasteiger partial charge in [-0.2, -0.15) is 0 Å². The van der Waals surface area contributed by atoms with Crippen LogP contribution in [0.2, 0.25) is 0 Å². The van der Waals surface area contributed by atoms with Gasteiger partial charge in [-0.15, -0.1) is 24.0 Å². The smallest absolute Gasteiger partial charge is 0.191 e. The molecular weight excluding hydrogens is 473 g/mol. The van der Waals surface area contributed by atoms with E-state index >= 15 is 0 Å². The molecule has 0 unspecified atom stereocenters. The van der Waals surface area contributed by atoms with Gasteiger partial charge in [-0.25, -0.2) is 0 Å². The number of aliphatic imine (C=N–C) groups is 1. The zero-order chi connectivity index (χ0) is 19.7. The van der Waals surface area contributed by atoms with E-state index in [4.69, 9.17) is 0 Å². The molecule has 0 amide bonds. The maximum Gasteiger partial charge on any atom is 0.191 e. The van der Waals surface area contributed by atoms with Crippen LogP contribution in [0.5, 0.6) is 0 Å².